The molecular formula is C10H8ClNO3. The fourth-order valence-corrected chi connectivity index (χ4v) is 1.39. The maximum atomic E-state index is 10.8. The Hall–Kier alpha value is -1.68. The number of nitrogens with one attached hydrogen (secondary N) is 1. The van der Waals surface area contributed by atoms with E-state index in [2.05, 4.69) is 4.98 Å². The monoisotopic (exact) mass is 225 g/mol. The Morgan fingerprint density at radius 1 is 1.33 bits per heavy atom. The first-order valence-corrected chi connectivity index (χ1v) is 4.68. The second-order valence-electron chi connectivity index (χ2n) is 3.09. The van der Waals surface area contributed by atoms with Crippen molar-refractivity contribution < 1.29 is 9.52 Å². The Morgan fingerprint density at radius 3 is 2.53 bits per heavy atom. The van der Waals surface area contributed by atoms with Crippen LogP contribution in [0.15, 0.2) is 33.5 Å². The van der Waals surface area contributed by atoms with E-state index in [4.69, 9.17) is 16.0 Å². The number of hydrogen-bond acceptors (Lipinski definition) is 3. The molecule has 5 heteroatoms. The van der Waals surface area contributed by atoms with Crippen molar-refractivity contribution in [3.63, 3.8) is 0 Å². The zero-order valence-electron chi connectivity index (χ0n) is 7.66. The fraction of sp³-hybridized carbons (Fsp3) is 0.100. The second-order valence-corrected chi connectivity index (χ2v) is 3.53. The standard InChI is InChI=1S/C10H8ClNO3/c11-7-3-1-6(2-4-7)5-8-9(13)12-10(14)15-8/h1-4,13H,5H2,(H,12,14). The van der Waals surface area contributed by atoms with Crippen LogP contribution in [0.25, 0.3) is 0 Å². The number of aromatic amines is 1. The Kier molecular flexibility index (Phi) is 2.51. The van der Waals surface area contributed by atoms with Gasteiger partial charge in [0, 0.05) is 11.4 Å². The molecule has 0 atom stereocenters. The van der Waals surface area contributed by atoms with E-state index < -0.39 is 5.76 Å². The van der Waals surface area contributed by atoms with Crippen LogP contribution in [0, 0.1) is 0 Å². The zero-order chi connectivity index (χ0) is 10.8. The highest BCUT2D eigenvalue weighted by atomic mass is 35.5. The van der Waals surface area contributed by atoms with Crippen LogP contribution in [0.1, 0.15) is 11.3 Å². The SMILES string of the molecule is O=c1[nH]c(O)c(Cc2ccc(Cl)cc2)o1. The van der Waals surface area contributed by atoms with Gasteiger partial charge in [-0.2, -0.15) is 0 Å². The lowest BCUT2D eigenvalue weighted by Crippen LogP contribution is -1.93. The lowest BCUT2D eigenvalue weighted by Gasteiger charge is -1.97. The van der Waals surface area contributed by atoms with E-state index in [1.54, 1.807) is 24.3 Å². The summed E-state index contributed by atoms with van der Waals surface area (Å²) in [6, 6.07) is 7.07. The third-order valence-electron chi connectivity index (χ3n) is 1.98. The predicted octanol–water partition coefficient (Wildman–Crippen LogP) is 1.92. The van der Waals surface area contributed by atoms with Crippen LogP contribution in [0.2, 0.25) is 5.02 Å². The average Bonchev–Trinajstić information content (AvgIpc) is 2.49. The summed E-state index contributed by atoms with van der Waals surface area (Å²) in [6.45, 7) is 0. The number of halogens is 1. The van der Waals surface area contributed by atoms with Gasteiger partial charge in [0.15, 0.2) is 5.76 Å². The van der Waals surface area contributed by atoms with Crippen molar-refractivity contribution in [2.45, 2.75) is 6.42 Å². The molecule has 0 bridgehead atoms. The smallest absolute Gasteiger partial charge is 0.419 e. The molecule has 0 unspecified atom stereocenters. The summed E-state index contributed by atoms with van der Waals surface area (Å²) in [7, 11) is 0. The van der Waals surface area contributed by atoms with Crippen LogP contribution < -0.4 is 5.76 Å². The van der Waals surface area contributed by atoms with Gasteiger partial charge in [-0.25, -0.2) is 4.79 Å². The Morgan fingerprint density at radius 2 is 2.00 bits per heavy atom. The van der Waals surface area contributed by atoms with Crippen LogP contribution in [-0.4, -0.2) is 10.1 Å². The third kappa shape index (κ3) is 2.22. The van der Waals surface area contributed by atoms with Crippen LogP contribution in [0.5, 0.6) is 5.88 Å². The molecule has 0 fully saturated rings. The quantitative estimate of drug-likeness (QED) is 0.821. The Labute approximate surface area is 90.1 Å². The van der Waals surface area contributed by atoms with Crippen molar-refractivity contribution >= 4 is 11.6 Å². The highest BCUT2D eigenvalue weighted by Gasteiger charge is 2.08. The molecule has 2 rings (SSSR count). The number of aromatic nitrogens is 1. The molecule has 15 heavy (non-hydrogen) atoms. The highest BCUT2D eigenvalue weighted by molar-refractivity contribution is 6.30. The van der Waals surface area contributed by atoms with Crippen molar-refractivity contribution in [3.05, 3.63) is 51.2 Å². The van der Waals surface area contributed by atoms with Crippen LogP contribution in [-0.2, 0) is 6.42 Å². The molecule has 0 aliphatic heterocycles. The van der Waals surface area contributed by atoms with E-state index in [1.165, 1.54) is 0 Å². The fourth-order valence-electron chi connectivity index (χ4n) is 1.26. The molecule has 0 aliphatic carbocycles. The summed E-state index contributed by atoms with van der Waals surface area (Å²) in [6.07, 6.45) is 0.349. The Bertz CT molecular complexity index is 512. The molecule has 1 aromatic heterocycles. The Balaban J connectivity index is 2.25. The molecule has 78 valence electrons. The van der Waals surface area contributed by atoms with Gasteiger partial charge in [0.1, 0.15) is 0 Å². The molecule has 2 N–H and O–H groups in total. The molecular weight excluding hydrogens is 218 g/mol. The summed E-state index contributed by atoms with van der Waals surface area (Å²) in [5, 5.41) is 9.91. The van der Waals surface area contributed by atoms with Crippen molar-refractivity contribution in [3.8, 4) is 5.88 Å². The summed E-state index contributed by atoms with van der Waals surface area (Å²) < 4.78 is 4.75. The molecule has 1 aromatic carbocycles. The van der Waals surface area contributed by atoms with E-state index in [9.17, 15) is 9.90 Å². The largest absolute Gasteiger partial charge is 0.492 e. The van der Waals surface area contributed by atoms with Crippen molar-refractivity contribution in [1.82, 2.24) is 4.98 Å². The molecule has 0 spiro atoms. The van der Waals surface area contributed by atoms with Crippen molar-refractivity contribution in [2.75, 3.05) is 0 Å². The predicted molar refractivity (Wildman–Crippen MR) is 55.3 cm³/mol. The number of benzene rings is 1. The molecule has 1 heterocycles. The van der Waals surface area contributed by atoms with Gasteiger partial charge in [-0.1, -0.05) is 23.7 Å². The van der Waals surface area contributed by atoms with Crippen molar-refractivity contribution in [1.29, 1.82) is 0 Å². The van der Waals surface area contributed by atoms with Crippen molar-refractivity contribution in [2.24, 2.45) is 0 Å². The van der Waals surface area contributed by atoms with Gasteiger partial charge in [0.05, 0.1) is 0 Å². The van der Waals surface area contributed by atoms with Crippen LogP contribution in [0.4, 0.5) is 0 Å². The number of rotatable bonds is 2. The summed E-state index contributed by atoms with van der Waals surface area (Å²) in [4.78, 5) is 12.9. The first kappa shape index (κ1) is 9.86. The number of H-pyrrole nitrogens is 1. The highest BCUT2D eigenvalue weighted by Crippen LogP contribution is 2.17. The normalized spacial score (nSPS) is 10.5. The van der Waals surface area contributed by atoms with Gasteiger partial charge in [-0.15, -0.1) is 0 Å². The van der Waals surface area contributed by atoms with Crippen LogP contribution in [0.3, 0.4) is 0 Å². The second kappa shape index (κ2) is 3.82. The summed E-state index contributed by atoms with van der Waals surface area (Å²) in [5.74, 6) is -0.659. The van der Waals surface area contributed by atoms with E-state index in [1.807, 2.05) is 0 Å². The van der Waals surface area contributed by atoms with E-state index in [0.29, 0.717) is 11.4 Å². The minimum Gasteiger partial charge on any atom is -0.492 e. The van der Waals surface area contributed by atoms with Gasteiger partial charge in [0.25, 0.3) is 0 Å². The van der Waals surface area contributed by atoms with Gasteiger partial charge in [-0.3, -0.25) is 4.98 Å². The number of aromatic hydroxyl groups is 1. The first-order chi connectivity index (χ1) is 7.15. The lowest BCUT2D eigenvalue weighted by molar-refractivity contribution is 0.426. The molecule has 4 nitrogen and oxygen atoms in total. The van der Waals surface area contributed by atoms with Gasteiger partial charge < -0.3 is 9.52 Å². The molecule has 0 aliphatic rings. The molecule has 0 amide bonds. The van der Waals surface area contributed by atoms with E-state index >= 15 is 0 Å². The number of oxazole rings is 1. The maximum absolute atomic E-state index is 10.8. The topological polar surface area (TPSA) is 66.2 Å². The third-order valence-corrected chi connectivity index (χ3v) is 2.23. The number of hydrogen-bond donors (Lipinski definition) is 2. The minimum atomic E-state index is -0.656. The van der Waals surface area contributed by atoms with Gasteiger partial charge >= 0.3 is 5.76 Å². The molecule has 0 saturated carbocycles. The first-order valence-electron chi connectivity index (χ1n) is 4.30. The maximum Gasteiger partial charge on any atom is 0.419 e. The average molecular weight is 226 g/mol. The summed E-state index contributed by atoms with van der Waals surface area (Å²) in [5.41, 5.74) is 0.900. The molecule has 0 radical (unpaired) electrons. The van der Waals surface area contributed by atoms with E-state index in [0.717, 1.165) is 5.56 Å². The van der Waals surface area contributed by atoms with E-state index in [-0.39, 0.29) is 11.6 Å². The summed E-state index contributed by atoms with van der Waals surface area (Å²) >= 11 is 5.72. The van der Waals surface area contributed by atoms with Gasteiger partial charge in [-0.05, 0) is 17.7 Å². The van der Waals surface area contributed by atoms with Crippen LogP contribution >= 0.6 is 11.6 Å². The zero-order valence-corrected chi connectivity index (χ0v) is 8.41. The molecule has 2 aromatic rings. The van der Waals surface area contributed by atoms with Gasteiger partial charge in [0.2, 0.25) is 5.88 Å². The molecule has 0 saturated heterocycles. The minimum absolute atomic E-state index is 0.224. The lowest BCUT2D eigenvalue weighted by atomic mass is 10.1.